The van der Waals surface area contributed by atoms with E-state index in [0.29, 0.717) is 25.1 Å². The second-order valence-electron chi connectivity index (χ2n) is 6.53. The highest BCUT2D eigenvalue weighted by Crippen LogP contribution is 2.49. The number of rotatable bonds is 3. The molecule has 2 aliphatic rings. The lowest BCUT2D eigenvalue weighted by molar-refractivity contribution is -0.149. The first-order valence-corrected chi connectivity index (χ1v) is 7.60. The van der Waals surface area contributed by atoms with E-state index in [1.165, 1.54) is 0 Å². The van der Waals surface area contributed by atoms with E-state index in [4.69, 9.17) is 0 Å². The number of fused-ring (bicyclic) bond motifs is 1. The van der Waals surface area contributed by atoms with Crippen LogP contribution < -0.4 is 4.90 Å². The normalized spacial score (nSPS) is 26.8. The lowest BCUT2D eigenvalue weighted by atomic mass is 9.81. The molecule has 1 N–H and O–H groups in total. The van der Waals surface area contributed by atoms with Crippen LogP contribution in [0.4, 0.5) is 5.82 Å². The van der Waals surface area contributed by atoms with Crippen LogP contribution in [0.3, 0.4) is 0 Å². The second kappa shape index (κ2) is 5.26. The Morgan fingerprint density at radius 1 is 1.45 bits per heavy atom. The van der Waals surface area contributed by atoms with E-state index >= 15 is 0 Å². The van der Waals surface area contributed by atoms with Crippen molar-refractivity contribution < 1.29 is 14.7 Å². The van der Waals surface area contributed by atoms with Gasteiger partial charge in [0.2, 0.25) is 0 Å². The van der Waals surface area contributed by atoms with Crippen molar-refractivity contribution in [3.8, 4) is 0 Å². The van der Waals surface area contributed by atoms with Crippen molar-refractivity contribution in [3.63, 3.8) is 0 Å². The first-order valence-electron chi connectivity index (χ1n) is 7.60. The molecular weight excluding hydrogens is 282 g/mol. The number of likely N-dealkylation sites (tertiary alicyclic amines) is 1. The molecule has 2 atom stereocenters. The van der Waals surface area contributed by atoms with Gasteiger partial charge in [-0.25, -0.2) is 4.98 Å². The van der Waals surface area contributed by atoms with E-state index in [1.54, 1.807) is 23.2 Å². The number of carboxylic acid groups (broad SMARTS) is 1. The number of anilines is 1. The summed E-state index contributed by atoms with van der Waals surface area (Å²) < 4.78 is 0. The van der Waals surface area contributed by atoms with Crippen LogP contribution in [0, 0.1) is 11.3 Å². The molecule has 0 spiro atoms. The Balaban J connectivity index is 1.83. The summed E-state index contributed by atoms with van der Waals surface area (Å²) in [7, 11) is 3.74. The number of carboxylic acids is 1. The Hall–Kier alpha value is -2.11. The van der Waals surface area contributed by atoms with E-state index in [9.17, 15) is 14.7 Å². The molecule has 2 fully saturated rings. The molecule has 1 saturated heterocycles. The van der Waals surface area contributed by atoms with Crippen molar-refractivity contribution in [2.45, 2.75) is 19.3 Å². The Labute approximate surface area is 129 Å². The fourth-order valence-corrected chi connectivity index (χ4v) is 3.77. The van der Waals surface area contributed by atoms with Crippen molar-refractivity contribution >= 4 is 17.7 Å². The zero-order valence-corrected chi connectivity index (χ0v) is 13.0. The molecule has 1 aliphatic heterocycles. The largest absolute Gasteiger partial charge is 0.481 e. The molecule has 0 bridgehead atoms. The Bertz CT molecular complexity index is 616. The van der Waals surface area contributed by atoms with Crippen LogP contribution >= 0.6 is 0 Å². The van der Waals surface area contributed by atoms with E-state index < -0.39 is 11.4 Å². The average Bonchev–Trinajstić information content (AvgIpc) is 3.04. The molecule has 6 nitrogen and oxygen atoms in total. The summed E-state index contributed by atoms with van der Waals surface area (Å²) in [6, 6.07) is 3.45. The van der Waals surface area contributed by atoms with Gasteiger partial charge in [-0.15, -0.1) is 0 Å². The topological polar surface area (TPSA) is 73.7 Å². The molecule has 0 aromatic carbocycles. The summed E-state index contributed by atoms with van der Waals surface area (Å²) in [5, 5.41) is 9.61. The lowest BCUT2D eigenvalue weighted by Gasteiger charge is -2.23. The highest BCUT2D eigenvalue weighted by molar-refractivity contribution is 5.95. The van der Waals surface area contributed by atoms with Crippen LogP contribution in [0.1, 0.15) is 29.6 Å². The minimum absolute atomic E-state index is 0.0871. The summed E-state index contributed by atoms with van der Waals surface area (Å²) in [5.41, 5.74) is -0.160. The van der Waals surface area contributed by atoms with Gasteiger partial charge in [-0.2, -0.15) is 0 Å². The van der Waals surface area contributed by atoms with Crippen molar-refractivity contribution in [1.82, 2.24) is 9.88 Å². The molecule has 3 rings (SSSR count). The summed E-state index contributed by atoms with van der Waals surface area (Å²) in [6.45, 7) is 0.871. The lowest BCUT2D eigenvalue weighted by Crippen LogP contribution is -2.37. The van der Waals surface area contributed by atoms with E-state index in [-0.39, 0.29) is 11.8 Å². The summed E-state index contributed by atoms with van der Waals surface area (Å²) in [5.74, 6) is -0.0446. The number of aromatic nitrogens is 1. The fourth-order valence-electron chi connectivity index (χ4n) is 3.77. The first kappa shape index (κ1) is 14.8. The SMILES string of the molecule is CN(C)c1cc(C(=O)N2C[C@@H]3CCC[C@@]3(C(=O)O)C2)ccn1. The van der Waals surface area contributed by atoms with Gasteiger partial charge in [-0.1, -0.05) is 6.42 Å². The van der Waals surface area contributed by atoms with Gasteiger partial charge in [-0.05, 0) is 30.9 Å². The van der Waals surface area contributed by atoms with Crippen LogP contribution in [-0.2, 0) is 4.79 Å². The van der Waals surface area contributed by atoms with Gasteiger partial charge < -0.3 is 14.9 Å². The summed E-state index contributed by atoms with van der Waals surface area (Å²) >= 11 is 0. The maximum absolute atomic E-state index is 12.7. The molecule has 0 unspecified atom stereocenters. The number of carbonyl (C=O) groups excluding carboxylic acids is 1. The van der Waals surface area contributed by atoms with Gasteiger partial charge in [0.1, 0.15) is 5.82 Å². The van der Waals surface area contributed by atoms with Crippen LogP contribution in [0.25, 0.3) is 0 Å². The van der Waals surface area contributed by atoms with Gasteiger partial charge in [0.15, 0.2) is 0 Å². The molecule has 22 heavy (non-hydrogen) atoms. The monoisotopic (exact) mass is 303 g/mol. The highest BCUT2D eigenvalue weighted by atomic mass is 16.4. The molecule has 1 aromatic heterocycles. The quantitative estimate of drug-likeness (QED) is 0.915. The molecule has 118 valence electrons. The maximum Gasteiger partial charge on any atom is 0.311 e. The molecule has 6 heteroatoms. The van der Waals surface area contributed by atoms with Gasteiger partial charge in [0, 0.05) is 38.9 Å². The maximum atomic E-state index is 12.7. The predicted octanol–water partition coefficient (Wildman–Crippen LogP) is 1.47. The number of carbonyl (C=O) groups is 2. The first-order chi connectivity index (χ1) is 10.4. The molecule has 1 aromatic rings. The predicted molar refractivity (Wildman–Crippen MR) is 81.9 cm³/mol. The fraction of sp³-hybridized carbons (Fsp3) is 0.562. The standard InChI is InChI=1S/C16H21N3O3/c1-18(2)13-8-11(5-7-17-13)14(20)19-9-12-4-3-6-16(12,10-19)15(21)22/h5,7-8,12H,3-4,6,9-10H2,1-2H3,(H,21,22)/t12-,16+/m0/s1. The van der Waals surface area contributed by atoms with Crippen molar-refractivity contribution in [2.24, 2.45) is 11.3 Å². The minimum atomic E-state index is -0.756. The molecule has 1 aliphatic carbocycles. The average molecular weight is 303 g/mol. The van der Waals surface area contributed by atoms with E-state index in [0.717, 1.165) is 18.7 Å². The number of hydrogen-bond donors (Lipinski definition) is 1. The number of hydrogen-bond acceptors (Lipinski definition) is 4. The van der Waals surface area contributed by atoms with Crippen LogP contribution in [0.15, 0.2) is 18.3 Å². The van der Waals surface area contributed by atoms with E-state index in [2.05, 4.69) is 4.98 Å². The Morgan fingerprint density at radius 2 is 2.23 bits per heavy atom. The number of aliphatic carboxylic acids is 1. The van der Waals surface area contributed by atoms with Crippen molar-refractivity contribution in [2.75, 3.05) is 32.1 Å². The second-order valence-corrected chi connectivity index (χ2v) is 6.53. The number of amides is 1. The van der Waals surface area contributed by atoms with Crippen LogP contribution in [0.5, 0.6) is 0 Å². The number of nitrogens with zero attached hydrogens (tertiary/aromatic N) is 3. The summed E-state index contributed by atoms with van der Waals surface area (Å²) in [4.78, 5) is 32.2. The van der Waals surface area contributed by atoms with Crippen molar-refractivity contribution in [1.29, 1.82) is 0 Å². The Morgan fingerprint density at radius 3 is 2.86 bits per heavy atom. The third kappa shape index (κ3) is 2.23. The van der Waals surface area contributed by atoms with Gasteiger partial charge in [0.05, 0.1) is 5.41 Å². The highest BCUT2D eigenvalue weighted by Gasteiger charge is 2.55. The molecule has 1 saturated carbocycles. The molecule has 1 amide bonds. The van der Waals surface area contributed by atoms with Crippen LogP contribution in [-0.4, -0.2) is 54.1 Å². The molecule has 0 radical (unpaired) electrons. The van der Waals surface area contributed by atoms with Crippen molar-refractivity contribution in [3.05, 3.63) is 23.9 Å². The van der Waals surface area contributed by atoms with E-state index in [1.807, 2.05) is 19.0 Å². The zero-order chi connectivity index (χ0) is 15.9. The van der Waals surface area contributed by atoms with Crippen LogP contribution in [0.2, 0.25) is 0 Å². The van der Waals surface area contributed by atoms with Gasteiger partial charge in [-0.3, -0.25) is 9.59 Å². The molecule has 2 heterocycles. The molecular formula is C16H21N3O3. The van der Waals surface area contributed by atoms with Gasteiger partial charge in [0.25, 0.3) is 5.91 Å². The smallest absolute Gasteiger partial charge is 0.311 e. The Kier molecular flexibility index (Phi) is 3.54. The minimum Gasteiger partial charge on any atom is -0.481 e. The number of pyridine rings is 1. The van der Waals surface area contributed by atoms with Gasteiger partial charge >= 0.3 is 5.97 Å². The zero-order valence-electron chi connectivity index (χ0n) is 13.0. The third-order valence-corrected chi connectivity index (χ3v) is 5.03. The summed E-state index contributed by atoms with van der Waals surface area (Å²) in [6.07, 6.45) is 4.14. The third-order valence-electron chi connectivity index (χ3n) is 5.03.